The number of hydrogen-bond acceptors (Lipinski definition) is 7. The van der Waals surface area contributed by atoms with Crippen molar-refractivity contribution in [2.45, 2.75) is 58.5 Å². The molecule has 3 heterocycles. The van der Waals surface area contributed by atoms with E-state index in [0.717, 1.165) is 61.1 Å². The monoisotopic (exact) mass is 844 g/mol. The van der Waals surface area contributed by atoms with Gasteiger partial charge in [-0.1, -0.05) is 169 Å². The number of fused-ring (bicyclic) bond motifs is 3. The van der Waals surface area contributed by atoms with E-state index in [1.165, 1.54) is 11.1 Å². The van der Waals surface area contributed by atoms with Crippen molar-refractivity contribution < 1.29 is 0 Å². The minimum absolute atomic E-state index is 0.0227. The summed E-state index contributed by atoms with van der Waals surface area (Å²) in [5.41, 5.74) is 11.3. The van der Waals surface area contributed by atoms with E-state index in [2.05, 4.69) is 148 Å². The van der Waals surface area contributed by atoms with Crippen LogP contribution in [0.5, 0.6) is 0 Å². The molecule has 2 aromatic heterocycles. The molecular formula is C57H48N8. The van der Waals surface area contributed by atoms with Gasteiger partial charge in [0.25, 0.3) is 0 Å². The number of nitriles is 1. The molecule has 316 valence electrons. The second kappa shape index (κ2) is 16.3. The molecule has 1 aliphatic heterocycles. The normalized spacial score (nSPS) is 14.1. The van der Waals surface area contributed by atoms with Crippen LogP contribution in [0.4, 0.5) is 0 Å². The number of para-hydroxylation sites is 1. The van der Waals surface area contributed by atoms with Crippen LogP contribution < -0.4 is 5.32 Å². The summed E-state index contributed by atoms with van der Waals surface area (Å²) in [6.45, 7) is 13.4. The highest BCUT2D eigenvalue weighted by Crippen LogP contribution is 2.38. The van der Waals surface area contributed by atoms with Gasteiger partial charge in [0.1, 0.15) is 12.0 Å². The second-order valence-electron chi connectivity index (χ2n) is 18.6. The van der Waals surface area contributed by atoms with Crippen LogP contribution in [-0.4, -0.2) is 31.2 Å². The Morgan fingerprint density at radius 1 is 0.523 bits per heavy atom. The van der Waals surface area contributed by atoms with Gasteiger partial charge in [0.15, 0.2) is 23.3 Å². The predicted molar refractivity (Wildman–Crippen MR) is 264 cm³/mol. The lowest BCUT2D eigenvalue weighted by molar-refractivity contribution is 0.588. The van der Waals surface area contributed by atoms with Gasteiger partial charge in [0.05, 0.1) is 28.4 Å². The molecule has 8 nitrogen and oxygen atoms in total. The van der Waals surface area contributed by atoms with E-state index < -0.39 is 0 Å². The van der Waals surface area contributed by atoms with E-state index in [0.29, 0.717) is 34.4 Å². The van der Waals surface area contributed by atoms with Crippen molar-refractivity contribution in [1.82, 2.24) is 24.8 Å². The summed E-state index contributed by atoms with van der Waals surface area (Å²) in [4.78, 5) is 25.6. The minimum Gasteiger partial charge on any atom is -0.344 e. The second-order valence-corrected chi connectivity index (χ2v) is 18.6. The van der Waals surface area contributed by atoms with Crippen LogP contribution in [-0.2, 0) is 10.8 Å². The zero-order chi connectivity index (χ0) is 44.9. The molecule has 65 heavy (non-hydrogen) atoms. The zero-order valence-electron chi connectivity index (χ0n) is 37.4. The summed E-state index contributed by atoms with van der Waals surface area (Å²) in [6, 6.07) is 60.3. The first-order valence-electron chi connectivity index (χ1n) is 22.0. The molecule has 0 bridgehead atoms. The number of nitrogens with zero attached hydrogens (tertiary/aromatic N) is 7. The van der Waals surface area contributed by atoms with Gasteiger partial charge in [-0.25, -0.2) is 24.9 Å². The lowest BCUT2D eigenvalue weighted by atomic mass is 9.86. The topological polar surface area (TPSA) is 104 Å². The molecule has 10 rings (SSSR count). The van der Waals surface area contributed by atoms with E-state index in [4.69, 9.17) is 24.9 Å². The lowest BCUT2D eigenvalue weighted by Gasteiger charge is -2.25. The quantitative estimate of drug-likeness (QED) is 0.172. The fourth-order valence-electron chi connectivity index (χ4n) is 8.47. The van der Waals surface area contributed by atoms with Gasteiger partial charge in [-0.05, 0) is 70.0 Å². The van der Waals surface area contributed by atoms with Crippen LogP contribution in [0, 0.1) is 11.3 Å². The molecule has 8 heteroatoms. The third-order valence-electron chi connectivity index (χ3n) is 12.1. The fraction of sp³-hybridized carbons (Fsp3) is 0.158. The van der Waals surface area contributed by atoms with Gasteiger partial charge in [-0.3, -0.25) is 0 Å². The summed E-state index contributed by atoms with van der Waals surface area (Å²) >= 11 is 0. The Bertz CT molecular complexity index is 3290. The Morgan fingerprint density at radius 2 is 1.08 bits per heavy atom. The highest BCUT2D eigenvalue weighted by atomic mass is 15.2. The molecule has 0 aliphatic carbocycles. The molecule has 1 atom stereocenters. The number of amidine groups is 2. The highest BCUT2D eigenvalue weighted by Gasteiger charge is 2.25. The summed E-state index contributed by atoms with van der Waals surface area (Å²) in [7, 11) is 0. The first kappa shape index (κ1) is 41.0. The molecule has 7 aromatic carbocycles. The van der Waals surface area contributed by atoms with Crippen molar-refractivity contribution in [3.8, 4) is 45.9 Å². The van der Waals surface area contributed by atoms with Gasteiger partial charge in [-0.2, -0.15) is 5.26 Å². The third-order valence-corrected chi connectivity index (χ3v) is 12.1. The zero-order valence-corrected chi connectivity index (χ0v) is 37.4. The van der Waals surface area contributed by atoms with Crippen LogP contribution in [0.25, 0.3) is 61.7 Å². The van der Waals surface area contributed by atoms with E-state index >= 15 is 0 Å². The first-order chi connectivity index (χ1) is 31.4. The predicted octanol–water partition coefficient (Wildman–Crippen LogP) is 12.9. The Kier molecular flexibility index (Phi) is 10.3. The standard InChI is InChI=1S/C57H48N8/c1-56(2,3)42-27-22-39(23-28-42)52-60-53(40-24-29-43(30-25-40)57(4,5)6)62-54(61-52)41-26-32-48-45(34-41)44-19-13-14-20-47(44)65(48)49-31-21-36(35-58)33-46(49)55-63-50(37-15-9-7-10-16-37)59-51(64-55)38-17-11-8-12-18-38/h7-34,52H,1-6H3,(H,60,61,62). The van der Waals surface area contributed by atoms with Crippen molar-refractivity contribution in [2.24, 2.45) is 9.98 Å². The Hall–Kier alpha value is -8.02. The third kappa shape index (κ3) is 7.98. The molecule has 0 spiro atoms. The highest BCUT2D eigenvalue weighted by molar-refractivity contribution is 6.16. The van der Waals surface area contributed by atoms with Gasteiger partial charge >= 0.3 is 0 Å². The average molecular weight is 845 g/mol. The molecule has 0 amide bonds. The van der Waals surface area contributed by atoms with Crippen molar-refractivity contribution in [3.05, 3.63) is 203 Å². The molecule has 0 saturated carbocycles. The summed E-state index contributed by atoms with van der Waals surface area (Å²) in [5.74, 6) is 2.98. The van der Waals surface area contributed by atoms with Crippen LogP contribution >= 0.6 is 0 Å². The van der Waals surface area contributed by atoms with E-state index in [1.807, 2.05) is 78.9 Å². The van der Waals surface area contributed by atoms with Crippen LogP contribution in [0.15, 0.2) is 180 Å². The molecule has 1 aliphatic rings. The summed E-state index contributed by atoms with van der Waals surface area (Å²) < 4.78 is 2.25. The minimum atomic E-state index is -0.353. The Morgan fingerprint density at radius 3 is 1.69 bits per heavy atom. The van der Waals surface area contributed by atoms with E-state index in [1.54, 1.807) is 0 Å². The van der Waals surface area contributed by atoms with Gasteiger partial charge in [-0.15, -0.1) is 0 Å². The van der Waals surface area contributed by atoms with Crippen molar-refractivity contribution >= 4 is 33.5 Å². The SMILES string of the molecule is CC(C)(C)c1ccc(C2=NC(c3ccc(C(C)(C)C)cc3)NC(c3ccc4c(c3)c3ccccc3n4-c3ccc(C#N)cc3-c3nc(-c4ccccc4)nc(-c4ccccc4)n3)=N2)cc1. The van der Waals surface area contributed by atoms with Crippen molar-refractivity contribution in [3.63, 3.8) is 0 Å². The number of aromatic nitrogens is 4. The number of benzene rings is 7. The number of hydrogen-bond donors (Lipinski definition) is 1. The molecular weight excluding hydrogens is 797 g/mol. The molecule has 1 N–H and O–H groups in total. The molecule has 1 unspecified atom stereocenters. The maximum atomic E-state index is 10.2. The van der Waals surface area contributed by atoms with Crippen LogP contribution in [0.2, 0.25) is 0 Å². The van der Waals surface area contributed by atoms with Gasteiger partial charge in [0, 0.05) is 38.6 Å². The van der Waals surface area contributed by atoms with E-state index in [-0.39, 0.29) is 17.0 Å². The lowest BCUT2D eigenvalue weighted by Crippen LogP contribution is -2.33. The van der Waals surface area contributed by atoms with Crippen LogP contribution in [0.1, 0.15) is 81.1 Å². The first-order valence-corrected chi connectivity index (χ1v) is 22.0. The number of rotatable bonds is 7. The number of aliphatic imine (C=N–C) groups is 2. The maximum Gasteiger partial charge on any atom is 0.166 e. The smallest absolute Gasteiger partial charge is 0.166 e. The Balaban J connectivity index is 1.13. The molecule has 0 fully saturated rings. The van der Waals surface area contributed by atoms with Crippen molar-refractivity contribution in [1.29, 1.82) is 5.26 Å². The van der Waals surface area contributed by atoms with Gasteiger partial charge in [0.2, 0.25) is 0 Å². The summed E-state index contributed by atoms with van der Waals surface area (Å²) in [6.07, 6.45) is -0.353. The number of nitrogens with one attached hydrogen (secondary N) is 1. The van der Waals surface area contributed by atoms with Gasteiger partial charge < -0.3 is 9.88 Å². The largest absolute Gasteiger partial charge is 0.344 e. The Labute approximate surface area is 379 Å². The van der Waals surface area contributed by atoms with E-state index in [9.17, 15) is 5.26 Å². The maximum absolute atomic E-state index is 10.2. The molecule has 9 aromatic rings. The average Bonchev–Trinajstić information content (AvgIpc) is 3.67. The van der Waals surface area contributed by atoms with Crippen molar-refractivity contribution in [2.75, 3.05) is 0 Å². The molecule has 0 radical (unpaired) electrons. The summed E-state index contributed by atoms with van der Waals surface area (Å²) in [5, 5.41) is 16.1. The molecule has 0 saturated heterocycles. The van der Waals surface area contributed by atoms with Crippen LogP contribution in [0.3, 0.4) is 0 Å². The fourth-order valence-corrected chi connectivity index (χ4v) is 8.47.